The lowest BCUT2D eigenvalue weighted by atomic mass is 9.87. The average Bonchev–Trinajstić information content (AvgIpc) is 3.17. The fourth-order valence-corrected chi connectivity index (χ4v) is 5.00. The molecule has 0 bridgehead atoms. The summed E-state index contributed by atoms with van der Waals surface area (Å²) in [6.45, 7) is 4.01. The summed E-state index contributed by atoms with van der Waals surface area (Å²) in [5.41, 5.74) is 1.81. The molecule has 0 unspecified atom stereocenters. The molecular weight excluding hydrogens is 364 g/mol. The van der Waals surface area contributed by atoms with Gasteiger partial charge in [0.2, 0.25) is 0 Å². The van der Waals surface area contributed by atoms with Gasteiger partial charge in [0.05, 0.1) is 17.3 Å². The van der Waals surface area contributed by atoms with E-state index in [1.54, 1.807) is 12.1 Å². The van der Waals surface area contributed by atoms with Gasteiger partial charge in [0.15, 0.2) is 0 Å². The smallest absolute Gasteiger partial charge is 0.335 e. The van der Waals surface area contributed by atoms with Crippen molar-refractivity contribution in [3.8, 4) is 0 Å². The molecule has 158 valence electrons. The summed E-state index contributed by atoms with van der Waals surface area (Å²) in [7, 11) is 0. The van der Waals surface area contributed by atoms with Crippen molar-refractivity contribution in [2.45, 2.75) is 70.5 Å². The molecule has 29 heavy (non-hydrogen) atoms. The van der Waals surface area contributed by atoms with E-state index in [2.05, 4.69) is 19.1 Å². The van der Waals surface area contributed by atoms with Crippen molar-refractivity contribution >= 4 is 5.97 Å². The Morgan fingerprint density at radius 1 is 1.31 bits per heavy atom. The number of hydrogen-bond donors (Lipinski definition) is 3. The van der Waals surface area contributed by atoms with Gasteiger partial charge in [0.25, 0.3) is 0 Å². The van der Waals surface area contributed by atoms with Crippen molar-refractivity contribution in [1.29, 1.82) is 0 Å². The summed E-state index contributed by atoms with van der Waals surface area (Å²) in [5.74, 6) is -0.0581. The zero-order valence-corrected chi connectivity index (χ0v) is 17.6. The monoisotopic (exact) mass is 398 g/mol. The molecule has 1 aromatic carbocycles. The number of allylic oxidation sites excluding steroid dienone is 2. The van der Waals surface area contributed by atoms with E-state index in [9.17, 15) is 20.1 Å². The molecule has 3 N–H and O–H groups in total. The first-order chi connectivity index (χ1) is 13.8. The standard InChI is InChI=1S/C25H34O4/c1-3-4-11-25(2,29)12-7-10-21-22-15-17(14-19(22)16-23(21)26)13-18-8-5-6-9-20(18)24(27)28/h5-10,14,19,21-23,26,29H,3-4,11-13,15-16H2,1-2H3,(H,27,28)/b10-7+/t19-,21-,22-,23+,25-/m0/s1. The molecule has 0 heterocycles. The van der Waals surface area contributed by atoms with Gasteiger partial charge < -0.3 is 15.3 Å². The largest absolute Gasteiger partial charge is 0.478 e. The van der Waals surface area contributed by atoms with Crippen LogP contribution in [0.4, 0.5) is 0 Å². The number of aromatic carboxylic acids is 1. The lowest BCUT2D eigenvalue weighted by Crippen LogP contribution is -2.23. The highest BCUT2D eigenvalue weighted by atomic mass is 16.4. The van der Waals surface area contributed by atoms with Crippen molar-refractivity contribution in [2.24, 2.45) is 17.8 Å². The highest BCUT2D eigenvalue weighted by molar-refractivity contribution is 5.89. The lowest BCUT2D eigenvalue weighted by molar-refractivity contribution is 0.0513. The number of hydrogen-bond acceptors (Lipinski definition) is 3. The Labute approximate surface area is 174 Å². The van der Waals surface area contributed by atoms with Crippen LogP contribution in [0.5, 0.6) is 0 Å². The molecule has 0 aromatic heterocycles. The summed E-state index contributed by atoms with van der Waals surface area (Å²) in [6, 6.07) is 7.20. The SMILES string of the molecule is CCCC[C@](C)(O)C/C=C/[C@H]1[C@H]2CC(Cc3ccccc3C(=O)O)=C[C@H]2C[C@H]1O. The van der Waals surface area contributed by atoms with Crippen molar-refractivity contribution in [2.75, 3.05) is 0 Å². The Hall–Kier alpha value is -1.91. The number of rotatable bonds is 9. The molecule has 1 saturated carbocycles. The Balaban J connectivity index is 1.62. The van der Waals surface area contributed by atoms with Gasteiger partial charge in [-0.2, -0.15) is 0 Å². The first-order valence-electron chi connectivity index (χ1n) is 10.9. The molecule has 4 nitrogen and oxygen atoms in total. The summed E-state index contributed by atoms with van der Waals surface area (Å²) < 4.78 is 0. The second-order valence-electron chi connectivity index (χ2n) is 9.11. The summed E-state index contributed by atoms with van der Waals surface area (Å²) in [6.07, 6.45) is 11.9. The van der Waals surface area contributed by atoms with Crippen molar-refractivity contribution in [3.63, 3.8) is 0 Å². The second kappa shape index (κ2) is 9.27. The third kappa shape index (κ3) is 5.37. The normalized spacial score (nSPS) is 28.3. The number of aliphatic hydroxyl groups excluding tert-OH is 1. The van der Waals surface area contributed by atoms with Crippen LogP contribution in [0, 0.1) is 17.8 Å². The minimum Gasteiger partial charge on any atom is -0.478 e. The molecule has 0 spiro atoms. The van der Waals surface area contributed by atoms with Crippen LogP contribution in [0.1, 0.15) is 68.3 Å². The molecule has 5 atom stereocenters. The first-order valence-corrected chi connectivity index (χ1v) is 10.9. The van der Waals surface area contributed by atoms with Crippen molar-refractivity contribution in [3.05, 3.63) is 59.2 Å². The van der Waals surface area contributed by atoms with Gasteiger partial charge >= 0.3 is 5.97 Å². The molecule has 0 aliphatic heterocycles. The van der Waals surface area contributed by atoms with E-state index in [0.29, 0.717) is 30.2 Å². The van der Waals surface area contributed by atoms with Gasteiger partial charge in [-0.25, -0.2) is 4.79 Å². The molecule has 0 saturated heterocycles. The maximum Gasteiger partial charge on any atom is 0.335 e. The number of carboxylic acid groups (broad SMARTS) is 1. The van der Waals surface area contributed by atoms with Crippen molar-refractivity contribution in [1.82, 2.24) is 0 Å². The van der Waals surface area contributed by atoms with Gasteiger partial charge in [-0.05, 0) is 62.5 Å². The maximum atomic E-state index is 11.5. The van der Waals surface area contributed by atoms with Crippen LogP contribution in [-0.4, -0.2) is 33.0 Å². The van der Waals surface area contributed by atoms with E-state index < -0.39 is 11.6 Å². The highest BCUT2D eigenvalue weighted by Gasteiger charge is 2.43. The predicted molar refractivity (Wildman–Crippen MR) is 115 cm³/mol. The molecule has 0 radical (unpaired) electrons. The quantitative estimate of drug-likeness (QED) is 0.524. The maximum absolute atomic E-state index is 11.5. The third-order valence-electron chi connectivity index (χ3n) is 6.60. The molecule has 2 aliphatic rings. The molecule has 1 aromatic rings. The Kier molecular flexibility index (Phi) is 6.97. The number of unbranched alkanes of at least 4 members (excludes halogenated alkanes) is 1. The molecule has 0 amide bonds. The Bertz CT molecular complexity index is 777. The van der Waals surface area contributed by atoms with Gasteiger partial charge in [-0.1, -0.05) is 61.8 Å². The van der Waals surface area contributed by atoms with Crippen LogP contribution in [0.3, 0.4) is 0 Å². The predicted octanol–water partition coefficient (Wildman–Crippen LogP) is 4.76. The number of carbonyl (C=O) groups is 1. The van der Waals surface area contributed by atoms with Gasteiger partial charge in [-0.15, -0.1) is 0 Å². The number of aliphatic hydroxyl groups is 2. The third-order valence-corrected chi connectivity index (χ3v) is 6.60. The van der Waals surface area contributed by atoms with E-state index in [0.717, 1.165) is 37.7 Å². The first kappa shape index (κ1) is 21.8. The number of fused-ring (bicyclic) bond motifs is 1. The molecular formula is C25H34O4. The summed E-state index contributed by atoms with van der Waals surface area (Å²) >= 11 is 0. The minimum absolute atomic E-state index is 0.102. The van der Waals surface area contributed by atoms with Crippen molar-refractivity contribution < 1.29 is 20.1 Å². The Morgan fingerprint density at radius 2 is 2.07 bits per heavy atom. The number of carboxylic acids is 1. The molecule has 3 rings (SSSR count). The Morgan fingerprint density at radius 3 is 2.79 bits per heavy atom. The lowest BCUT2D eigenvalue weighted by Gasteiger charge is -2.22. The molecule has 4 heteroatoms. The van der Waals surface area contributed by atoms with Crippen LogP contribution < -0.4 is 0 Å². The van der Waals surface area contributed by atoms with E-state index >= 15 is 0 Å². The zero-order chi connectivity index (χ0) is 21.0. The second-order valence-corrected chi connectivity index (χ2v) is 9.11. The number of benzene rings is 1. The van der Waals surface area contributed by atoms with E-state index in [1.807, 2.05) is 25.1 Å². The van der Waals surface area contributed by atoms with E-state index in [1.165, 1.54) is 5.57 Å². The van der Waals surface area contributed by atoms with Crippen LogP contribution in [0.15, 0.2) is 48.1 Å². The highest BCUT2D eigenvalue weighted by Crippen LogP contribution is 2.48. The van der Waals surface area contributed by atoms with E-state index in [4.69, 9.17) is 0 Å². The van der Waals surface area contributed by atoms with Crippen LogP contribution >= 0.6 is 0 Å². The topological polar surface area (TPSA) is 77.8 Å². The minimum atomic E-state index is -0.884. The van der Waals surface area contributed by atoms with Gasteiger partial charge in [-0.3, -0.25) is 0 Å². The molecule has 1 fully saturated rings. The zero-order valence-electron chi connectivity index (χ0n) is 17.6. The fraction of sp³-hybridized carbons (Fsp3) is 0.560. The van der Waals surface area contributed by atoms with Gasteiger partial charge in [0.1, 0.15) is 0 Å². The fourth-order valence-electron chi connectivity index (χ4n) is 5.00. The molecule has 2 aliphatic carbocycles. The van der Waals surface area contributed by atoms with Crippen LogP contribution in [0.25, 0.3) is 0 Å². The summed E-state index contributed by atoms with van der Waals surface area (Å²) in [4.78, 5) is 11.5. The van der Waals surface area contributed by atoms with Crippen LogP contribution in [-0.2, 0) is 6.42 Å². The van der Waals surface area contributed by atoms with E-state index in [-0.39, 0.29) is 12.0 Å². The van der Waals surface area contributed by atoms with Crippen LogP contribution in [0.2, 0.25) is 0 Å². The van der Waals surface area contributed by atoms with Gasteiger partial charge in [0, 0.05) is 5.92 Å². The summed E-state index contributed by atoms with van der Waals surface area (Å²) in [5, 5.41) is 30.4. The average molecular weight is 399 g/mol.